The van der Waals surface area contributed by atoms with Crippen molar-refractivity contribution in [1.29, 1.82) is 0 Å². The molecule has 3 aliphatic heterocycles. The van der Waals surface area contributed by atoms with Gasteiger partial charge in [-0.2, -0.15) is 17.4 Å². The molecule has 36 heteroatoms. The normalized spacial score (nSPS) is 20.7. The van der Waals surface area contributed by atoms with Crippen LogP contribution in [-0.4, -0.2) is 313 Å². The summed E-state index contributed by atoms with van der Waals surface area (Å²) in [6.07, 6.45) is -2.67. The van der Waals surface area contributed by atoms with Crippen LogP contribution in [0, 0.1) is 12.3 Å². The van der Waals surface area contributed by atoms with Crippen LogP contribution in [0.3, 0.4) is 0 Å². The molecule has 84 heavy (non-hydrogen) atoms. The zero-order valence-corrected chi connectivity index (χ0v) is 47.8. The molecule has 0 aromatic heterocycles. The van der Waals surface area contributed by atoms with Crippen LogP contribution in [0.1, 0.15) is 13.3 Å². The minimum atomic E-state index is -4.27. The molecule has 0 aromatic rings. The van der Waals surface area contributed by atoms with E-state index in [9.17, 15) is 63.0 Å². The third-order valence-electron chi connectivity index (χ3n) is 12.3. The van der Waals surface area contributed by atoms with Gasteiger partial charge in [0, 0.05) is 53.7 Å². The van der Waals surface area contributed by atoms with Crippen molar-refractivity contribution in [3.63, 3.8) is 0 Å². The molecule has 0 bridgehead atoms. The number of likely N-dealkylation sites (N-methyl/N-ethyl adjacent to an activating group) is 2. The molecule has 0 spiro atoms. The molecule has 0 fully saturated rings. The minimum absolute atomic E-state index is 0.0444. The van der Waals surface area contributed by atoms with Crippen molar-refractivity contribution in [2.24, 2.45) is 32.9 Å². The topological polar surface area (TPSA) is 499 Å². The number of carboxylic acids is 2. The van der Waals surface area contributed by atoms with Gasteiger partial charge in [0.2, 0.25) is 29.6 Å². The van der Waals surface area contributed by atoms with E-state index in [0.29, 0.717) is 32.8 Å². The number of carbonyl (C=O) groups excluding carboxylic acids is 3. The summed E-state index contributed by atoms with van der Waals surface area (Å²) in [5, 5.41) is 63.7. The highest BCUT2D eigenvalue weighted by Gasteiger charge is 2.53. The van der Waals surface area contributed by atoms with Crippen molar-refractivity contribution in [3.05, 3.63) is 23.7 Å². The number of nitrogens with one attached hydrogen (secondary N) is 2. The van der Waals surface area contributed by atoms with E-state index in [2.05, 4.69) is 25.9 Å². The number of nitrogens with two attached hydrogens (primary N) is 4. The van der Waals surface area contributed by atoms with Crippen LogP contribution in [0.25, 0.3) is 0 Å². The number of amides is 3. The number of carbonyl (C=O) groups is 5. The standard InChI is InChI=1S/C48H80N12O23S/c1-5-14-74-20-22-78-24-25-79-23-21-75-15-7-53-84(72,73)60(12-18-76-16-10-57(3)47(70)82-39(33(64)28-61)41-37(54-30(2)63)31(55-45(49)50)26-35(80-41)43(66)67)13-19-77-17-11-58(4)48(71)83-40(34(65)29-62)42-38(59-8-6-9-59)32(56-46(51)52)27-36(81-42)44(68)69/h1,8,26-27,31-34,37-42,53,61-62,64-65H,6-7,9-25,28-29H2,2-4H3,(H10-,49,50,51,52,54,55,56,63,66,67,68,69)/p+1/t31-,32-,33+,34+,37+,38+,39+,40+,41+,42+/m0/s1. The fraction of sp³-hybridized carbons (Fsp3) is 0.708. The summed E-state index contributed by atoms with van der Waals surface area (Å²) in [5.41, 5.74) is 22.4. The van der Waals surface area contributed by atoms with Gasteiger partial charge in [0.05, 0.1) is 104 Å². The first-order valence-electron chi connectivity index (χ1n) is 26.3. The zero-order valence-electron chi connectivity index (χ0n) is 47.0. The van der Waals surface area contributed by atoms with Crippen LogP contribution in [0.2, 0.25) is 0 Å². The van der Waals surface area contributed by atoms with Gasteiger partial charge in [-0.1, -0.05) is 5.92 Å². The SMILES string of the molecule is C#CCOCCOCCOCCOCCNS(=O)(=O)N(CCOCCN(C)C(=O)O[C@@H]([C@@H]1OC(C(=O)O)=C[C@H](N=C(N)N)[C@H]1NC(C)=O)[C@H](O)CO)CCOCCN(C)C(=O)O[C@@H]([C@@H]1OC(C(=O)O)=C[C@H](N=C(N)N)[C@H]1[N+]1=CCC1)[C@H](O)CO. The van der Waals surface area contributed by atoms with E-state index < -0.39 is 132 Å². The Morgan fingerprint density at radius 3 is 1.58 bits per heavy atom. The number of carboxylic acid groups (broad SMARTS) is 2. The molecule has 0 saturated carbocycles. The number of ether oxygens (including phenoxy) is 10. The number of hydrogen-bond donors (Lipinski definition) is 12. The van der Waals surface area contributed by atoms with Crippen molar-refractivity contribution < 1.29 is 115 Å². The predicted molar refractivity (Wildman–Crippen MR) is 292 cm³/mol. The number of nitrogens with zero attached hydrogens (tertiary/aromatic N) is 6. The third-order valence-corrected chi connectivity index (χ3v) is 13.9. The van der Waals surface area contributed by atoms with Gasteiger partial charge in [-0.05, 0) is 12.2 Å². The molecule has 3 heterocycles. The quantitative estimate of drug-likeness (QED) is 0.00890. The smallest absolute Gasteiger partial charge is 0.410 e. The van der Waals surface area contributed by atoms with Crippen molar-refractivity contribution >= 4 is 58.4 Å². The van der Waals surface area contributed by atoms with E-state index >= 15 is 0 Å². The first-order valence-corrected chi connectivity index (χ1v) is 27.7. The molecule has 0 unspecified atom stereocenters. The van der Waals surface area contributed by atoms with Crippen LogP contribution in [0.5, 0.6) is 0 Å². The molecular weight excluding hydrogens is 1140 g/mol. The number of rotatable bonds is 41. The number of aliphatic imine (C=N–C) groups is 2. The monoisotopic (exact) mass is 1230 g/mol. The molecule has 3 rings (SSSR count). The highest BCUT2D eigenvalue weighted by molar-refractivity contribution is 7.87. The van der Waals surface area contributed by atoms with Gasteiger partial charge in [-0.3, -0.25) is 4.79 Å². The second kappa shape index (κ2) is 37.6. The van der Waals surface area contributed by atoms with Gasteiger partial charge in [0.15, 0.2) is 36.8 Å². The zero-order chi connectivity index (χ0) is 62.4. The van der Waals surface area contributed by atoms with Gasteiger partial charge in [0.1, 0.15) is 31.1 Å². The van der Waals surface area contributed by atoms with E-state index in [-0.39, 0.29) is 98.1 Å². The van der Waals surface area contributed by atoms with Gasteiger partial charge < -0.3 is 116 Å². The van der Waals surface area contributed by atoms with Crippen LogP contribution < -0.4 is 33.0 Å². The lowest BCUT2D eigenvalue weighted by Gasteiger charge is -2.40. The van der Waals surface area contributed by atoms with E-state index in [1.165, 1.54) is 20.2 Å². The third kappa shape index (κ3) is 24.5. The molecule has 0 radical (unpaired) electrons. The predicted octanol–water partition coefficient (Wildman–Crippen LogP) is -7.19. The Morgan fingerprint density at radius 2 is 1.14 bits per heavy atom. The summed E-state index contributed by atoms with van der Waals surface area (Å²) < 4.78 is 87.8. The molecule has 3 amide bonds. The van der Waals surface area contributed by atoms with Crippen LogP contribution in [0.4, 0.5) is 9.59 Å². The molecule has 16 N–H and O–H groups in total. The minimum Gasteiger partial charge on any atom is -0.477 e. The Hall–Kier alpha value is -6.73. The summed E-state index contributed by atoms with van der Waals surface area (Å²) in [5.74, 6) is -3.59. The molecule has 0 aliphatic carbocycles. The fourth-order valence-corrected chi connectivity index (χ4v) is 9.21. The number of aliphatic hydroxyl groups is 4. The summed E-state index contributed by atoms with van der Waals surface area (Å²) in [6.45, 7) is -0.570. The Kier molecular flexibility index (Phi) is 32.0. The van der Waals surface area contributed by atoms with Crippen molar-refractivity contribution in [2.45, 2.75) is 74.1 Å². The Bertz CT molecular complexity index is 2420. The molecule has 0 saturated heterocycles. The van der Waals surface area contributed by atoms with E-state index in [0.717, 1.165) is 27.1 Å². The number of hydrogen-bond acceptors (Lipinski definition) is 23. The first-order chi connectivity index (χ1) is 39.9. The maximum absolute atomic E-state index is 13.6. The average Bonchev–Trinajstić information content (AvgIpc) is 1.66. The lowest BCUT2D eigenvalue weighted by Crippen LogP contribution is -2.61. The van der Waals surface area contributed by atoms with E-state index in [4.69, 9.17) is 76.7 Å². The lowest BCUT2D eigenvalue weighted by molar-refractivity contribution is -0.597. The number of terminal acetylenes is 1. The van der Waals surface area contributed by atoms with Crippen molar-refractivity contribution in [3.8, 4) is 12.3 Å². The van der Waals surface area contributed by atoms with E-state index in [1.807, 2.05) is 0 Å². The van der Waals surface area contributed by atoms with Crippen LogP contribution in [-0.2, 0) is 72.0 Å². The van der Waals surface area contributed by atoms with E-state index in [1.54, 1.807) is 10.8 Å². The van der Waals surface area contributed by atoms with Gasteiger partial charge in [0.25, 0.3) is 10.2 Å². The van der Waals surface area contributed by atoms with Gasteiger partial charge in [-0.15, -0.1) is 6.42 Å². The fourth-order valence-electron chi connectivity index (χ4n) is 8.05. The second-order valence-electron chi connectivity index (χ2n) is 18.5. The summed E-state index contributed by atoms with van der Waals surface area (Å²) in [6, 6.07) is -4.53. The second-order valence-corrected chi connectivity index (χ2v) is 20.3. The van der Waals surface area contributed by atoms with Gasteiger partial charge in [-0.25, -0.2) is 33.7 Å². The highest BCUT2D eigenvalue weighted by atomic mass is 32.2. The summed E-state index contributed by atoms with van der Waals surface area (Å²) in [7, 11) is -1.67. The first kappa shape index (κ1) is 71.5. The highest BCUT2D eigenvalue weighted by Crippen LogP contribution is 2.30. The maximum atomic E-state index is 13.6. The van der Waals surface area contributed by atoms with Crippen molar-refractivity contribution in [1.82, 2.24) is 24.1 Å². The molecular formula is C48H81N12O23S+. The molecule has 3 aliphatic rings. The molecule has 476 valence electrons. The number of guanidine groups is 2. The lowest BCUT2D eigenvalue weighted by atomic mass is 9.90. The van der Waals surface area contributed by atoms with Crippen LogP contribution in [0.15, 0.2) is 33.7 Å². The molecule has 0 aromatic carbocycles. The Balaban J connectivity index is 1.64. The number of aliphatic carboxylic acids is 2. The van der Waals surface area contributed by atoms with Crippen molar-refractivity contribution in [2.75, 3.05) is 146 Å². The largest absolute Gasteiger partial charge is 0.477 e. The summed E-state index contributed by atoms with van der Waals surface area (Å²) in [4.78, 5) is 73.4. The Labute approximate surface area is 485 Å². The Morgan fingerprint density at radius 1 is 0.714 bits per heavy atom. The number of aliphatic hydroxyl groups excluding tert-OH is 4. The van der Waals surface area contributed by atoms with Gasteiger partial charge >= 0.3 is 24.1 Å². The molecule has 35 nitrogen and oxygen atoms in total. The summed E-state index contributed by atoms with van der Waals surface area (Å²) >= 11 is 0. The maximum Gasteiger partial charge on any atom is 0.410 e. The molecule has 10 atom stereocenters. The average molecular weight is 1230 g/mol. The van der Waals surface area contributed by atoms with Crippen LogP contribution >= 0.6 is 0 Å².